The highest BCUT2D eigenvalue weighted by atomic mass is 28.3. The fourth-order valence-electron chi connectivity index (χ4n) is 4.03. The van der Waals surface area contributed by atoms with E-state index in [0.717, 1.165) is 17.0 Å². The SMILES string of the molecule is CCc1cc(F)cc2c1c(-c1cnc3c(n1)c(C(N)=O)cn3COCC[Si](C)(C)C)nn2N(C)C. The maximum atomic E-state index is 14.3. The minimum Gasteiger partial charge on any atom is -0.365 e. The minimum atomic E-state index is -1.22. The Balaban J connectivity index is 1.81. The van der Waals surface area contributed by atoms with Crippen LogP contribution in [0.15, 0.2) is 24.5 Å². The summed E-state index contributed by atoms with van der Waals surface area (Å²) in [5.74, 6) is -0.921. The number of hydrogen-bond donors (Lipinski definition) is 1. The van der Waals surface area contributed by atoms with Gasteiger partial charge in [-0.1, -0.05) is 26.6 Å². The van der Waals surface area contributed by atoms with Crippen molar-refractivity contribution in [1.82, 2.24) is 24.4 Å². The number of amides is 1. The fraction of sp³-hybridized carbons (Fsp3) is 0.417. The lowest BCUT2D eigenvalue weighted by Crippen LogP contribution is -2.25. The second kappa shape index (κ2) is 9.38. The number of hydrogen-bond acceptors (Lipinski definition) is 6. The van der Waals surface area contributed by atoms with Crippen molar-refractivity contribution in [3.05, 3.63) is 41.5 Å². The Morgan fingerprint density at radius 3 is 2.63 bits per heavy atom. The molecule has 0 aliphatic carbocycles. The molecule has 0 saturated carbocycles. The molecule has 0 unspecified atom stereocenters. The highest BCUT2D eigenvalue weighted by Gasteiger charge is 2.22. The Hall–Kier alpha value is -3.31. The first-order chi connectivity index (χ1) is 16.5. The van der Waals surface area contributed by atoms with E-state index in [9.17, 15) is 9.18 Å². The number of benzene rings is 1. The normalized spacial score (nSPS) is 12.1. The zero-order valence-corrected chi connectivity index (χ0v) is 22.1. The van der Waals surface area contributed by atoms with Crippen molar-refractivity contribution in [1.29, 1.82) is 0 Å². The molecule has 186 valence electrons. The molecule has 0 radical (unpaired) electrons. The quantitative estimate of drug-likeness (QED) is 0.279. The van der Waals surface area contributed by atoms with Crippen molar-refractivity contribution < 1.29 is 13.9 Å². The summed E-state index contributed by atoms with van der Waals surface area (Å²) < 4.78 is 21.9. The maximum Gasteiger partial charge on any atom is 0.252 e. The van der Waals surface area contributed by atoms with Crippen LogP contribution < -0.4 is 10.7 Å². The van der Waals surface area contributed by atoms with Crippen LogP contribution in [0.3, 0.4) is 0 Å². The number of aryl methyl sites for hydroxylation is 1. The lowest BCUT2D eigenvalue weighted by atomic mass is 10.0. The monoisotopic (exact) mass is 497 g/mol. The van der Waals surface area contributed by atoms with E-state index in [-0.39, 0.29) is 18.1 Å². The van der Waals surface area contributed by atoms with E-state index in [0.29, 0.717) is 41.1 Å². The lowest BCUT2D eigenvalue weighted by molar-refractivity contribution is 0.0895. The molecule has 4 aromatic rings. The molecule has 0 fully saturated rings. The first-order valence-electron chi connectivity index (χ1n) is 11.6. The first kappa shape index (κ1) is 24.8. The van der Waals surface area contributed by atoms with E-state index in [1.807, 2.05) is 21.0 Å². The third-order valence-corrected chi connectivity index (χ3v) is 7.58. The molecule has 0 bridgehead atoms. The Kier molecular flexibility index (Phi) is 6.65. The summed E-state index contributed by atoms with van der Waals surface area (Å²) in [7, 11) is 2.44. The summed E-state index contributed by atoms with van der Waals surface area (Å²) in [5, 5.41) is 7.27. The highest BCUT2D eigenvalue weighted by Crippen LogP contribution is 2.32. The molecule has 0 saturated heterocycles. The summed E-state index contributed by atoms with van der Waals surface area (Å²) in [5.41, 5.74) is 9.31. The van der Waals surface area contributed by atoms with Gasteiger partial charge in [0.2, 0.25) is 0 Å². The van der Waals surface area contributed by atoms with Gasteiger partial charge >= 0.3 is 0 Å². The molecular weight excluding hydrogens is 465 g/mol. The van der Waals surface area contributed by atoms with Crippen molar-refractivity contribution in [3.8, 4) is 11.4 Å². The van der Waals surface area contributed by atoms with Gasteiger partial charge in [0.25, 0.3) is 5.91 Å². The van der Waals surface area contributed by atoms with Crippen LogP contribution in [0.1, 0.15) is 22.8 Å². The average molecular weight is 498 g/mol. The Morgan fingerprint density at radius 2 is 2.00 bits per heavy atom. The summed E-state index contributed by atoms with van der Waals surface area (Å²) in [6.07, 6.45) is 3.87. The average Bonchev–Trinajstić information content (AvgIpc) is 3.34. The number of ether oxygens (including phenoxy) is 1. The number of aromatic nitrogens is 5. The molecule has 11 heteroatoms. The zero-order valence-electron chi connectivity index (χ0n) is 21.1. The van der Waals surface area contributed by atoms with Gasteiger partial charge in [0, 0.05) is 46.4 Å². The van der Waals surface area contributed by atoms with Crippen molar-refractivity contribution in [2.45, 2.75) is 45.8 Å². The molecule has 9 nitrogen and oxygen atoms in total. The van der Waals surface area contributed by atoms with Crippen LogP contribution in [0, 0.1) is 5.82 Å². The van der Waals surface area contributed by atoms with Crippen LogP contribution in [0.4, 0.5) is 4.39 Å². The van der Waals surface area contributed by atoms with Gasteiger partial charge in [-0.15, -0.1) is 5.10 Å². The fourth-order valence-corrected chi connectivity index (χ4v) is 4.78. The largest absolute Gasteiger partial charge is 0.365 e. The van der Waals surface area contributed by atoms with E-state index in [2.05, 4.69) is 24.6 Å². The number of nitrogens with zero attached hydrogens (tertiary/aromatic N) is 6. The smallest absolute Gasteiger partial charge is 0.252 e. The van der Waals surface area contributed by atoms with Gasteiger partial charge in [-0.2, -0.15) is 4.79 Å². The van der Waals surface area contributed by atoms with E-state index in [1.165, 1.54) is 12.1 Å². The highest BCUT2D eigenvalue weighted by molar-refractivity contribution is 6.76. The van der Waals surface area contributed by atoms with Crippen molar-refractivity contribution in [2.75, 3.05) is 25.7 Å². The van der Waals surface area contributed by atoms with Crippen LogP contribution >= 0.6 is 0 Å². The third-order valence-electron chi connectivity index (χ3n) is 5.87. The number of carbonyl (C=O) groups is 1. The van der Waals surface area contributed by atoms with Gasteiger partial charge in [-0.3, -0.25) is 4.79 Å². The Labute approximate surface area is 204 Å². The summed E-state index contributed by atoms with van der Waals surface area (Å²) in [6, 6.07) is 4.01. The Bertz CT molecular complexity index is 1400. The molecule has 0 aliphatic rings. The second-order valence-electron chi connectivity index (χ2n) is 10.1. The van der Waals surface area contributed by atoms with Gasteiger partial charge in [0.15, 0.2) is 5.65 Å². The topological polar surface area (TPSA) is 104 Å². The number of carbonyl (C=O) groups excluding carboxylic acids is 1. The molecule has 2 N–H and O–H groups in total. The number of fused-ring (bicyclic) bond motifs is 2. The van der Waals surface area contributed by atoms with Crippen molar-refractivity contribution >= 4 is 36.0 Å². The standard InChI is InChI=1S/C24H32FN7O2Si/c1-7-15-10-16(25)11-19-20(15)22(29-32(19)30(2)3)18-12-27-24-21(28-18)17(23(26)33)13-31(24)14-34-8-9-35(4,5)6/h10-13H,7-9,14H2,1-6H3,(H2,26,33). The molecule has 0 spiro atoms. The van der Waals surface area contributed by atoms with Gasteiger partial charge in [-0.25, -0.2) is 14.4 Å². The van der Waals surface area contributed by atoms with E-state index < -0.39 is 14.0 Å². The van der Waals surface area contributed by atoms with Gasteiger partial charge in [0.05, 0.1) is 17.3 Å². The number of rotatable bonds is 9. The lowest BCUT2D eigenvalue weighted by Gasteiger charge is -2.15. The molecule has 0 aliphatic heterocycles. The second-order valence-corrected chi connectivity index (χ2v) is 15.7. The van der Waals surface area contributed by atoms with Crippen LogP contribution in [0.25, 0.3) is 33.5 Å². The number of nitrogens with two attached hydrogens (primary N) is 1. The van der Waals surface area contributed by atoms with Crippen molar-refractivity contribution in [3.63, 3.8) is 0 Å². The maximum absolute atomic E-state index is 14.3. The molecule has 1 amide bonds. The predicted octanol–water partition coefficient (Wildman–Crippen LogP) is 3.76. The Morgan fingerprint density at radius 1 is 1.26 bits per heavy atom. The van der Waals surface area contributed by atoms with Crippen LogP contribution in [0.2, 0.25) is 25.7 Å². The molecule has 1 aromatic carbocycles. The molecule has 35 heavy (non-hydrogen) atoms. The van der Waals surface area contributed by atoms with Gasteiger partial charge in [0.1, 0.15) is 29.5 Å². The summed E-state index contributed by atoms with van der Waals surface area (Å²) >= 11 is 0. The van der Waals surface area contributed by atoms with Crippen LogP contribution in [-0.2, 0) is 17.9 Å². The molecule has 3 heterocycles. The minimum absolute atomic E-state index is 0.250. The third kappa shape index (κ3) is 4.91. The van der Waals surface area contributed by atoms with E-state index in [1.54, 1.807) is 26.8 Å². The van der Waals surface area contributed by atoms with Gasteiger partial charge in [-0.05, 0) is 24.1 Å². The molecule has 3 aromatic heterocycles. The van der Waals surface area contributed by atoms with Gasteiger partial charge < -0.3 is 20.0 Å². The molecule has 0 atom stereocenters. The van der Waals surface area contributed by atoms with E-state index >= 15 is 0 Å². The first-order valence-corrected chi connectivity index (χ1v) is 15.3. The summed E-state index contributed by atoms with van der Waals surface area (Å²) in [4.78, 5) is 23.2. The van der Waals surface area contributed by atoms with E-state index in [4.69, 9.17) is 20.6 Å². The zero-order chi connectivity index (χ0) is 25.5. The van der Waals surface area contributed by atoms with Crippen LogP contribution in [0.5, 0.6) is 0 Å². The molecular formula is C24H32FN7O2Si. The predicted molar refractivity (Wildman–Crippen MR) is 138 cm³/mol. The molecule has 4 rings (SSSR count). The number of halogens is 1. The summed E-state index contributed by atoms with van der Waals surface area (Å²) in [6.45, 7) is 9.72. The van der Waals surface area contributed by atoms with Crippen LogP contribution in [-0.4, -0.2) is 59.1 Å². The van der Waals surface area contributed by atoms with Crippen molar-refractivity contribution in [2.24, 2.45) is 5.73 Å². The number of primary amides is 1.